The van der Waals surface area contributed by atoms with Crippen molar-refractivity contribution >= 4 is 46.4 Å². The maximum absolute atomic E-state index is 12.4. The third-order valence-electron chi connectivity index (χ3n) is 3.59. The van der Waals surface area contributed by atoms with E-state index in [1.54, 1.807) is 42.5 Å². The number of carbonyl (C=O) groups is 1. The summed E-state index contributed by atoms with van der Waals surface area (Å²) in [5.74, 6) is 0.244. The predicted molar refractivity (Wildman–Crippen MR) is 106 cm³/mol. The molecular formula is C19H16Cl2N4O. The molecule has 132 valence electrons. The molecule has 5 nitrogen and oxygen atoms in total. The van der Waals surface area contributed by atoms with Crippen molar-refractivity contribution in [2.45, 2.75) is 13.8 Å². The van der Waals surface area contributed by atoms with Crippen molar-refractivity contribution in [2.24, 2.45) is 0 Å². The molecule has 1 amide bonds. The summed E-state index contributed by atoms with van der Waals surface area (Å²) in [6.45, 7) is 3.82. The average molecular weight is 387 g/mol. The molecule has 2 aromatic carbocycles. The number of hydrogen-bond acceptors (Lipinski definition) is 4. The average Bonchev–Trinajstić information content (AvgIpc) is 2.58. The lowest BCUT2D eigenvalue weighted by Crippen LogP contribution is -2.12. The highest BCUT2D eigenvalue weighted by Gasteiger charge is 2.10. The zero-order chi connectivity index (χ0) is 18.7. The van der Waals surface area contributed by atoms with E-state index < -0.39 is 0 Å². The minimum Gasteiger partial charge on any atom is -0.324 e. The van der Waals surface area contributed by atoms with Crippen molar-refractivity contribution in [1.29, 1.82) is 0 Å². The number of carbonyl (C=O) groups excluding carboxylic acids is 1. The van der Waals surface area contributed by atoms with E-state index in [1.807, 2.05) is 19.9 Å². The molecule has 0 spiro atoms. The molecule has 1 heterocycles. The van der Waals surface area contributed by atoms with Gasteiger partial charge in [0.1, 0.15) is 0 Å². The molecule has 3 rings (SSSR count). The minimum atomic E-state index is -0.275. The second-order valence-electron chi connectivity index (χ2n) is 5.73. The molecule has 0 saturated heterocycles. The van der Waals surface area contributed by atoms with E-state index in [1.165, 1.54) is 0 Å². The summed E-state index contributed by atoms with van der Waals surface area (Å²) in [4.78, 5) is 21.0. The summed E-state index contributed by atoms with van der Waals surface area (Å²) < 4.78 is 0. The summed E-state index contributed by atoms with van der Waals surface area (Å²) in [5.41, 5.74) is 3.51. The van der Waals surface area contributed by atoms with Crippen LogP contribution < -0.4 is 10.6 Å². The van der Waals surface area contributed by atoms with E-state index in [0.29, 0.717) is 27.2 Å². The third kappa shape index (κ3) is 4.31. The first-order chi connectivity index (χ1) is 12.4. The molecule has 1 aromatic heterocycles. The largest absolute Gasteiger partial charge is 0.324 e. The number of aromatic nitrogens is 2. The van der Waals surface area contributed by atoms with E-state index in [0.717, 1.165) is 17.1 Å². The van der Waals surface area contributed by atoms with Gasteiger partial charge in [0.15, 0.2) is 0 Å². The van der Waals surface area contributed by atoms with Crippen LogP contribution in [0, 0.1) is 13.8 Å². The summed E-state index contributed by atoms with van der Waals surface area (Å²) in [6, 6.07) is 14.0. The van der Waals surface area contributed by atoms with Gasteiger partial charge in [-0.2, -0.15) is 0 Å². The van der Waals surface area contributed by atoms with Crippen molar-refractivity contribution in [3.8, 4) is 0 Å². The molecule has 7 heteroatoms. The van der Waals surface area contributed by atoms with E-state index in [9.17, 15) is 4.79 Å². The second-order valence-corrected chi connectivity index (χ2v) is 6.52. The fourth-order valence-electron chi connectivity index (χ4n) is 2.41. The third-order valence-corrected chi connectivity index (χ3v) is 4.40. The van der Waals surface area contributed by atoms with Crippen molar-refractivity contribution in [3.63, 3.8) is 0 Å². The monoisotopic (exact) mass is 386 g/mol. The van der Waals surface area contributed by atoms with Gasteiger partial charge in [0.2, 0.25) is 5.95 Å². The molecule has 0 unspecified atom stereocenters. The fraction of sp³-hybridized carbons (Fsp3) is 0.105. The molecular weight excluding hydrogens is 371 g/mol. The molecule has 26 heavy (non-hydrogen) atoms. The van der Waals surface area contributed by atoms with Crippen LogP contribution in [0.4, 0.5) is 17.3 Å². The van der Waals surface area contributed by atoms with Crippen molar-refractivity contribution in [3.05, 3.63) is 75.5 Å². The number of hydrogen-bond donors (Lipinski definition) is 2. The van der Waals surface area contributed by atoms with Crippen LogP contribution in [0.15, 0.2) is 48.5 Å². The molecule has 0 fully saturated rings. The Kier molecular flexibility index (Phi) is 5.40. The van der Waals surface area contributed by atoms with E-state index in [-0.39, 0.29) is 5.91 Å². The SMILES string of the molecule is Cc1cc(C)nc(Nc2ccc(C(=O)Nc3cccc(Cl)c3Cl)cc2)n1. The van der Waals surface area contributed by atoms with Crippen molar-refractivity contribution in [1.82, 2.24) is 9.97 Å². The van der Waals surface area contributed by atoms with Crippen LogP contribution in [-0.2, 0) is 0 Å². The fourth-order valence-corrected chi connectivity index (χ4v) is 2.76. The van der Waals surface area contributed by atoms with Gasteiger partial charge in [-0.1, -0.05) is 29.3 Å². The smallest absolute Gasteiger partial charge is 0.255 e. The zero-order valence-electron chi connectivity index (χ0n) is 14.2. The van der Waals surface area contributed by atoms with Crippen LogP contribution in [0.2, 0.25) is 10.0 Å². The lowest BCUT2D eigenvalue weighted by molar-refractivity contribution is 0.102. The van der Waals surface area contributed by atoms with Crippen LogP contribution in [0.5, 0.6) is 0 Å². The summed E-state index contributed by atoms with van der Waals surface area (Å²) in [7, 11) is 0. The van der Waals surface area contributed by atoms with E-state index in [2.05, 4.69) is 20.6 Å². The highest BCUT2D eigenvalue weighted by atomic mass is 35.5. The summed E-state index contributed by atoms with van der Waals surface area (Å²) in [6.07, 6.45) is 0. The number of aryl methyl sites for hydroxylation is 2. The predicted octanol–water partition coefficient (Wildman–Crippen LogP) is 5.40. The van der Waals surface area contributed by atoms with Gasteiger partial charge in [-0.15, -0.1) is 0 Å². The Bertz CT molecular complexity index is 938. The van der Waals surface area contributed by atoms with Crippen molar-refractivity contribution in [2.75, 3.05) is 10.6 Å². The standard InChI is InChI=1S/C19H16Cl2N4O/c1-11-10-12(2)23-19(22-11)24-14-8-6-13(7-9-14)18(26)25-16-5-3-4-15(20)17(16)21/h3-10H,1-2H3,(H,25,26)(H,22,23,24). The number of rotatable bonds is 4. The van der Waals surface area contributed by atoms with Gasteiger partial charge < -0.3 is 10.6 Å². The Balaban J connectivity index is 1.72. The molecule has 0 atom stereocenters. The van der Waals surface area contributed by atoms with Crippen molar-refractivity contribution < 1.29 is 4.79 Å². The number of nitrogens with one attached hydrogen (secondary N) is 2. The Hall–Kier alpha value is -2.63. The summed E-state index contributed by atoms with van der Waals surface area (Å²) >= 11 is 12.1. The number of benzene rings is 2. The maximum Gasteiger partial charge on any atom is 0.255 e. The van der Waals surface area contributed by atoms with Gasteiger partial charge in [0.25, 0.3) is 5.91 Å². The second kappa shape index (κ2) is 7.72. The van der Waals surface area contributed by atoms with Crippen LogP contribution >= 0.6 is 23.2 Å². The topological polar surface area (TPSA) is 66.9 Å². The molecule has 0 bridgehead atoms. The molecule has 0 aliphatic carbocycles. The molecule has 3 aromatic rings. The highest BCUT2D eigenvalue weighted by Crippen LogP contribution is 2.29. The van der Waals surface area contributed by atoms with Crippen LogP contribution in [0.3, 0.4) is 0 Å². The Labute approximate surface area is 161 Å². The first-order valence-corrected chi connectivity index (χ1v) is 8.63. The number of halogens is 2. The van der Waals surface area contributed by atoms with Crippen LogP contribution in [0.1, 0.15) is 21.7 Å². The molecule has 0 radical (unpaired) electrons. The quantitative estimate of drug-likeness (QED) is 0.629. The molecule has 0 aliphatic heterocycles. The lowest BCUT2D eigenvalue weighted by atomic mass is 10.2. The van der Waals surface area contributed by atoms with E-state index in [4.69, 9.17) is 23.2 Å². The minimum absolute atomic E-state index is 0.275. The number of nitrogens with zero attached hydrogens (tertiary/aromatic N) is 2. The number of anilines is 3. The van der Waals surface area contributed by atoms with Crippen LogP contribution in [-0.4, -0.2) is 15.9 Å². The highest BCUT2D eigenvalue weighted by molar-refractivity contribution is 6.44. The molecule has 2 N–H and O–H groups in total. The lowest BCUT2D eigenvalue weighted by Gasteiger charge is -2.09. The Morgan fingerprint density at radius 3 is 2.27 bits per heavy atom. The van der Waals surface area contributed by atoms with Gasteiger partial charge in [0.05, 0.1) is 15.7 Å². The normalized spacial score (nSPS) is 10.5. The van der Waals surface area contributed by atoms with Gasteiger partial charge in [-0.25, -0.2) is 9.97 Å². The number of amides is 1. The van der Waals surface area contributed by atoms with Crippen LogP contribution in [0.25, 0.3) is 0 Å². The molecule has 0 aliphatic rings. The Morgan fingerprint density at radius 1 is 0.962 bits per heavy atom. The van der Waals surface area contributed by atoms with Gasteiger partial charge in [0, 0.05) is 22.6 Å². The molecule has 0 saturated carbocycles. The Morgan fingerprint density at radius 2 is 1.62 bits per heavy atom. The first kappa shape index (κ1) is 18.2. The summed E-state index contributed by atoms with van der Waals surface area (Å²) in [5, 5.41) is 6.58. The maximum atomic E-state index is 12.4. The van der Waals surface area contributed by atoms with Gasteiger partial charge in [-0.3, -0.25) is 4.79 Å². The van der Waals surface area contributed by atoms with Gasteiger partial charge in [-0.05, 0) is 56.3 Å². The van der Waals surface area contributed by atoms with E-state index >= 15 is 0 Å². The van der Waals surface area contributed by atoms with Gasteiger partial charge >= 0.3 is 0 Å². The zero-order valence-corrected chi connectivity index (χ0v) is 15.7. The first-order valence-electron chi connectivity index (χ1n) is 7.87.